The smallest absolute Gasteiger partial charge is 0.278 e. The largest absolute Gasteiger partial charge is 0.494 e. The van der Waals surface area contributed by atoms with Crippen molar-refractivity contribution in [1.29, 1.82) is 0 Å². The molecule has 0 saturated heterocycles. The summed E-state index contributed by atoms with van der Waals surface area (Å²) in [5.41, 5.74) is 8.25. The molecule has 1 aromatic heterocycles. The molecular formula is C21H23N5O4S. The van der Waals surface area contributed by atoms with E-state index in [0.717, 1.165) is 5.56 Å². The van der Waals surface area contributed by atoms with Crippen molar-refractivity contribution >= 4 is 28.1 Å². The number of anilines is 2. The quantitative estimate of drug-likeness (QED) is 0.475. The SMILES string of the molecule is COc1c(CN(C)C)cccc1NC(=O)c1nc(-c2ccc([SH](=O)=O)cc2)cnc1N. The Balaban J connectivity index is 1.91. The van der Waals surface area contributed by atoms with E-state index in [4.69, 9.17) is 10.5 Å². The molecule has 0 aliphatic rings. The van der Waals surface area contributed by atoms with E-state index >= 15 is 0 Å². The highest BCUT2D eigenvalue weighted by Crippen LogP contribution is 2.30. The van der Waals surface area contributed by atoms with Gasteiger partial charge in [0.2, 0.25) is 0 Å². The Kier molecular flexibility index (Phi) is 6.83. The highest BCUT2D eigenvalue weighted by Gasteiger charge is 2.18. The lowest BCUT2D eigenvalue weighted by Crippen LogP contribution is -2.18. The number of hydrogen-bond acceptors (Lipinski definition) is 8. The standard InChI is InChI=1S/C21H23N5O4S/c1-26(2)12-14-5-4-6-16(19(14)30-3)25-21(27)18-20(22)23-11-17(24-18)13-7-9-15(10-8-13)31(28)29/h4-11,31H,12H2,1-3H3,(H2,22,23)(H,25,27). The van der Waals surface area contributed by atoms with Gasteiger partial charge < -0.3 is 20.7 Å². The maximum atomic E-state index is 12.9. The fourth-order valence-corrected chi connectivity index (χ4v) is 3.42. The van der Waals surface area contributed by atoms with Gasteiger partial charge in [-0.3, -0.25) is 4.79 Å². The highest BCUT2D eigenvalue weighted by molar-refractivity contribution is 7.72. The first-order valence-electron chi connectivity index (χ1n) is 9.29. The van der Waals surface area contributed by atoms with Crippen LogP contribution in [0.1, 0.15) is 16.1 Å². The van der Waals surface area contributed by atoms with Gasteiger partial charge in [-0.2, -0.15) is 0 Å². The second-order valence-corrected chi connectivity index (χ2v) is 8.01. The first-order valence-corrected chi connectivity index (χ1v) is 10.5. The fourth-order valence-electron chi connectivity index (χ4n) is 3.03. The van der Waals surface area contributed by atoms with Gasteiger partial charge in [0.25, 0.3) is 5.91 Å². The van der Waals surface area contributed by atoms with Crippen LogP contribution >= 0.6 is 0 Å². The van der Waals surface area contributed by atoms with E-state index in [1.165, 1.54) is 25.4 Å². The highest BCUT2D eigenvalue weighted by atomic mass is 32.2. The lowest BCUT2D eigenvalue weighted by Gasteiger charge is -2.17. The first-order chi connectivity index (χ1) is 14.8. The molecule has 0 spiro atoms. The molecule has 0 bridgehead atoms. The summed E-state index contributed by atoms with van der Waals surface area (Å²) in [7, 11) is 2.74. The number of ether oxygens (including phenoxy) is 1. The molecular weight excluding hydrogens is 418 g/mol. The monoisotopic (exact) mass is 441 g/mol. The number of nitrogen functional groups attached to an aromatic ring is 1. The predicted molar refractivity (Wildman–Crippen MR) is 119 cm³/mol. The third kappa shape index (κ3) is 5.16. The van der Waals surface area contributed by atoms with Crippen LogP contribution in [0.2, 0.25) is 0 Å². The minimum absolute atomic E-state index is 0.0241. The van der Waals surface area contributed by atoms with Gasteiger partial charge in [-0.05, 0) is 32.3 Å². The Hall–Kier alpha value is -3.50. The van der Waals surface area contributed by atoms with Crippen molar-refractivity contribution in [3.8, 4) is 17.0 Å². The number of para-hydroxylation sites is 1. The van der Waals surface area contributed by atoms with Gasteiger partial charge in [-0.25, -0.2) is 18.4 Å². The van der Waals surface area contributed by atoms with Crippen molar-refractivity contribution in [2.75, 3.05) is 32.3 Å². The van der Waals surface area contributed by atoms with E-state index in [2.05, 4.69) is 15.3 Å². The Morgan fingerprint density at radius 3 is 2.48 bits per heavy atom. The van der Waals surface area contributed by atoms with Gasteiger partial charge in [0.15, 0.2) is 22.2 Å². The molecule has 10 heteroatoms. The van der Waals surface area contributed by atoms with Gasteiger partial charge in [-0.1, -0.05) is 24.3 Å². The van der Waals surface area contributed by atoms with Crippen molar-refractivity contribution < 1.29 is 17.9 Å². The molecule has 3 N–H and O–H groups in total. The molecule has 0 atom stereocenters. The third-order valence-corrected chi connectivity index (χ3v) is 5.15. The summed E-state index contributed by atoms with van der Waals surface area (Å²) in [6.07, 6.45) is 1.43. The van der Waals surface area contributed by atoms with Gasteiger partial charge in [-0.15, -0.1) is 0 Å². The van der Waals surface area contributed by atoms with Crippen LogP contribution < -0.4 is 15.8 Å². The Bertz CT molecular complexity index is 1170. The van der Waals surface area contributed by atoms with Crippen LogP contribution in [0.25, 0.3) is 11.3 Å². The van der Waals surface area contributed by atoms with Crippen LogP contribution in [0.3, 0.4) is 0 Å². The van der Waals surface area contributed by atoms with Crippen LogP contribution in [0.5, 0.6) is 5.75 Å². The van der Waals surface area contributed by atoms with Crippen molar-refractivity contribution in [2.45, 2.75) is 11.4 Å². The second kappa shape index (κ2) is 9.54. The molecule has 1 heterocycles. The average molecular weight is 442 g/mol. The summed E-state index contributed by atoms with van der Waals surface area (Å²) in [5.74, 6) is -0.00937. The second-order valence-electron chi connectivity index (χ2n) is 6.98. The number of thiol groups is 1. The minimum atomic E-state index is -2.68. The summed E-state index contributed by atoms with van der Waals surface area (Å²) >= 11 is 0. The van der Waals surface area contributed by atoms with Crippen LogP contribution in [0.4, 0.5) is 11.5 Å². The first kappa shape index (κ1) is 22.2. The van der Waals surface area contributed by atoms with Crippen LogP contribution in [0.15, 0.2) is 53.6 Å². The molecule has 0 aliphatic carbocycles. The Morgan fingerprint density at radius 2 is 1.87 bits per heavy atom. The van der Waals surface area contributed by atoms with Crippen molar-refractivity contribution in [3.63, 3.8) is 0 Å². The number of carbonyl (C=O) groups is 1. The molecule has 31 heavy (non-hydrogen) atoms. The summed E-state index contributed by atoms with van der Waals surface area (Å²) < 4.78 is 27.7. The number of nitrogens with zero attached hydrogens (tertiary/aromatic N) is 3. The zero-order valence-electron chi connectivity index (χ0n) is 17.3. The number of rotatable bonds is 7. The molecule has 1 amide bonds. The summed E-state index contributed by atoms with van der Waals surface area (Å²) in [6, 6.07) is 11.6. The van der Waals surface area contributed by atoms with Crippen LogP contribution in [-0.2, 0) is 17.2 Å². The number of benzene rings is 2. The number of nitrogens with two attached hydrogens (primary N) is 1. The molecule has 0 aliphatic heterocycles. The molecule has 0 fully saturated rings. The van der Waals surface area contributed by atoms with Crippen molar-refractivity contribution in [3.05, 3.63) is 59.9 Å². The zero-order valence-corrected chi connectivity index (χ0v) is 18.2. The Labute approximate surface area is 181 Å². The van der Waals surface area contributed by atoms with Crippen molar-refractivity contribution in [1.82, 2.24) is 14.9 Å². The predicted octanol–water partition coefficient (Wildman–Crippen LogP) is 2.02. The molecule has 3 aromatic rings. The Morgan fingerprint density at radius 1 is 1.16 bits per heavy atom. The summed E-state index contributed by atoms with van der Waals surface area (Å²) in [4.78, 5) is 23.5. The lowest BCUT2D eigenvalue weighted by molar-refractivity contribution is 0.102. The van der Waals surface area contributed by atoms with Crippen LogP contribution in [-0.4, -0.2) is 50.4 Å². The maximum absolute atomic E-state index is 12.9. The molecule has 162 valence electrons. The molecule has 2 aromatic carbocycles. The van der Waals surface area contributed by atoms with Gasteiger partial charge in [0, 0.05) is 17.7 Å². The number of carbonyl (C=O) groups excluding carboxylic acids is 1. The lowest BCUT2D eigenvalue weighted by atomic mass is 10.1. The number of nitrogens with one attached hydrogen (secondary N) is 1. The topological polar surface area (TPSA) is 128 Å². The minimum Gasteiger partial charge on any atom is -0.494 e. The van der Waals surface area contributed by atoms with Crippen LogP contribution in [0, 0.1) is 0 Å². The molecule has 0 unspecified atom stereocenters. The van der Waals surface area contributed by atoms with E-state index < -0.39 is 16.6 Å². The number of hydrogen-bond donors (Lipinski definition) is 3. The van der Waals surface area contributed by atoms with Crippen molar-refractivity contribution in [2.24, 2.45) is 0 Å². The maximum Gasteiger partial charge on any atom is 0.278 e. The molecule has 0 radical (unpaired) electrons. The summed E-state index contributed by atoms with van der Waals surface area (Å²) in [5, 5.41) is 2.79. The number of aromatic nitrogens is 2. The van der Waals surface area contributed by atoms with E-state index in [9.17, 15) is 13.2 Å². The van der Waals surface area contributed by atoms with E-state index in [1.807, 2.05) is 31.1 Å². The number of amides is 1. The van der Waals surface area contributed by atoms with E-state index in [0.29, 0.717) is 29.2 Å². The normalized spacial score (nSPS) is 11.0. The fraction of sp³-hybridized carbons (Fsp3) is 0.190. The van der Waals surface area contributed by atoms with E-state index in [-0.39, 0.29) is 16.4 Å². The summed E-state index contributed by atoms with van der Waals surface area (Å²) in [6.45, 7) is 0.634. The third-order valence-electron chi connectivity index (χ3n) is 4.43. The molecule has 0 saturated carbocycles. The van der Waals surface area contributed by atoms with Gasteiger partial charge in [0.1, 0.15) is 5.75 Å². The molecule has 9 nitrogen and oxygen atoms in total. The molecule has 3 rings (SSSR count). The van der Waals surface area contributed by atoms with Gasteiger partial charge >= 0.3 is 0 Å². The zero-order chi connectivity index (χ0) is 22.5. The van der Waals surface area contributed by atoms with E-state index in [1.54, 1.807) is 18.2 Å². The number of methoxy groups -OCH3 is 1. The average Bonchev–Trinajstić information content (AvgIpc) is 2.74. The van der Waals surface area contributed by atoms with Gasteiger partial charge in [0.05, 0.1) is 29.6 Å².